The second-order valence-corrected chi connectivity index (χ2v) is 5.66. The van der Waals surface area contributed by atoms with Crippen molar-refractivity contribution in [3.63, 3.8) is 0 Å². The zero-order chi connectivity index (χ0) is 16.5. The van der Waals surface area contributed by atoms with Crippen molar-refractivity contribution in [2.24, 2.45) is 5.73 Å². The van der Waals surface area contributed by atoms with Crippen LogP contribution in [-0.2, 0) is 11.2 Å². The Morgan fingerprint density at radius 2 is 1.65 bits per heavy atom. The van der Waals surface area contributed by atoms with E-state index in [1.54, 1.807) is 0 Å². The lowest BCUT2D eigenvalue weighted by atomic mass is 9.96. The molecule has 2 aromatic carbocycles. The van der Waals surface area contributed by atoms with Gasteiger partial charge in [0.15, 0.2) is 0 Å². The molecule has 0 aliphatic heterocycles. The first kappa shape index (κ1) is 17.2. The maximum absolute atomic E-state index is 12.2. The zero-order valence-electron chi connectivity index (χ0n) is 13.2. The molecule has 1 amide bonds. The second kappa shape index (κ2) is 9.08. The van der Waals surface area contributed by atoms with Gasteiger partial charge in [0.2, 0.25) is 5.91 Å². The number of hydrogen-bond donors (Lipinski definition) is 3. The Morgan fingerprint density at radius 1 is 1.04 bits per heavy atom. The molecule has 0 aliphatic rings. The number of benzene rings is 2. The van der Waals surface area contributed by atoms with E-state index in [0.717, 1.165) is 11.1 Å². The molecule has 0 saturated carbocycles. The summed E-state index contributed by atoms with van der Waals surface area (Å²) in [5.74, 6) is -0.0678. The average Bonchev–Trinajstić information content (AvgIpc) is 2.60. The van der Waals surface area contributed by atoms with Crippen LogP contribution in [0.4, 0.5) is 0 Å². The molecule has 0 saturated heterocycles. The fourth-order valence-electron chi connectivity index (χ4n) is 2.58. The number of nitrogens with one attached hydrogen (secondary N) is 1. The Balaban J connectivity index is 1.88. The van der Waals surface area contributed by atoms with E-state index >= 15 is 0 Å². The molecule has 0 aliphatic carbocycles. The van der Waals surface area contributed by atoms with Crippen molar-refractivity contribution in [3.05, 3.63) is 71.8 Å². The van der Waals surface area contributed by atoms with Crippen LogP contribution in [0.2, 0.25) is 0 Å². The monoisotopic (exact) mass is 312 g/mol. The molecule has 4 heteroatoms. The van der Waals surface area contributed by atoms with Gasteiger partial charge in [-0.2, -0.15) is 0 Å². The van der Waals surface area contributed by atoms with E-state index in [-0.39, 0.29) is 18.4 Å². The molecule has 0 heterocycles. The number of aliphatic hydroxyl groups excluding tert-OH is 1. The smallest absolute Gasteiger partial charge is 0.237 e. The molecule has 122 valence electrons. The Bertz CT molecular complexity index is 587. The summed E-state index contributed by atoms with van der Waals surface area (Å²) in [5, 5.41) is 12.1. The summed E-state index contributed by atoms with van der Waals surface area (Å²) in [5.41, 5.74) is 8.14. The number of amides is 1. The van der Waals surface area contributed by atoms with Gasteiger partial charge < -0.3 is 16.2 Å². The predicted molar refractivity (Wildman–Crippen MR) is 92.0 cm³/mol. The van der Waals surface area contributed by atoms with E-state index in [9.17, 15) is 9.90 Å². The van der Waals surface area contributed by atoms with Crippen molar-refractivity contribution < 1.29 is 9.90 Å². The SMILES string of the molecule is N[C@@H](Cc1ccccc1)C(=O)NCC(CCO)c1ccccc1. The fourth-order valence-corrected chi connectivity index (χ4v) is 2.58. The highest BCUT2D eigenvalue weighted by atomic mass is 16.3. The largest absolute Gasteiger partial charge is 0.396 e. The van der Waals surface area contributed by atoms with Gasteiger partial charge in [-0.3, -0.25) is 4.79 Å². The van der Waals surface area contributed by atoms with Crippen LogP contribution in [0.1, 0.15) is 23.5 Å². The summed E-state index contributed by atoms with van der Waals surface area (Å²) in [6.45, 7) is 0.567. The average molecular weight is 312 g/mol. The van der Waals surface area contributed by atoms with E-state index in [1.807, 2.05) is 60.7 Å². The topological polar surface area (TPSA) is 75.4 Å². The summed E-state index contributed by atoms with van der Waals surface area (Å²) < 4.78 is 0. The molecule has 0 bridgehead atoms. The first-order valence-corrected chi connectivity index (χ1v) is 7.93. The number of aliphatic hydroxyl groups is 1. The van der Waals surface area contributed by atoms with Crippen molar-refractivity contribution in [1.82, 2.24) is 5.32 Å². The Morgan fingerprint density at radius 3 is 2.26 bits per heavy atom. The molecule has 1 unspecified atom stereocenters. The third-order valence-corrected chi connectivity index (χ3v) is 3.91. The van der Waals surface area contributed by atoms with Crippen LogP contribution in [0.25, 0.3) is 0 Å². The Kier molecular flexibility index (Phi) is 6.78. The number of nitrogens with two attached hydrogens (primary N) is 1. The minimum absolute atomic E-state index is 0.0888. The normalized spacial score (nSPS) is 13.3. The molecule has 0 fully saturated rings. The molecular formula is C19H24N2O2. The summed E-state index contributed by atoms with van der Waals surface area (Å²) in [6, 6.07) is 19.1. The highest BCUT2D eigenvalue weighted by Gasteiger charge is 2.17. The molecule has 0 spiro atoms. The molecule has 0 aromatic heterocycles. The lowest BCUT2D eigenvalue weighted by molar-refractivity contribution is -0.122. The van der Waals surface area contributed by atoms with Gasteiger partial charge in [0.05, 0.1) is 6.04 Å². The van der Waals surface area contributed by atoms with E-state index < -0.39 is 6.04 Å². The molecule has 2 rings (SSSR count). The lowest BCUT2D eigenvalue weighted by Gasteiger charge is -2.19. The zero-order valence-corrected chi connectivity index (χ0v) is 13.2. The third kappa shape index (κ3) is 5.51. The number of carbonyl (C=O) groups is 1. The first-order chi connectivity index (χ1) is 11.2. The Labute approximate surface area is 137 Å². The molecular weight excluding hydrogens is 288 g/mol. The van der Waals surface area contributed by atoms with Gasteiger partial charge >= 0.3 is 0 Å². The minimum Gasteiger partial charge on any atom is -0.396 e. The first-order valence-electron chi connectivity index (χ1n) is 7.93. The van der Waals surface area contributed by atoms with Gasteiger partial charge in [0, 0.05) is 19.1 Å². The lowest BCUT2D eigenvalue weighted by Crippen LogP contribution is -2.43. The van der Waals surface area contributed by atoms with E-state index in [4.69, 9.17) is 5.73 Å². The number of rotatable bonds is 8. The highest BCUT2D eigenvalue weighted by Crippen LogP contribution is 2.18. The van der Waals surface area contributed by atoms with Gasteiger partial charge in [-0.05, 0) is 24.0 Å². The molecule has 23 heavy (non-hydrogen) atoms. The van der Waals surface area contributed by atoms with Crippen LogP contribution in [0.5, 0.6) is 0 Å². The summed E-state index contributed by atoms with van der Waals surface area (Å²) in [6.07, 6.45) is 1.13. The minimum atomic E-state index is -0.567. The van der Waals surface area contributed by atoms with Crippen LogP contribution in [-0.4, -0.2) is 30.2 Å². The molecule has 2 atom stereocenters. The summed E-state index contributed by atoms with van der Waals surface area (Å²) >= 11 is 0. The van der Waals surface area contributed by atoms with Crippen LogP contribution in [0.15, 0.2) is 60.7 Å². The van der Waals surface area contributed by atoms with Crippen molar-refractivity contribution >= 4 is 5.91 Å². The maximum Gasteiger partial charge on any atom is 0.237 e. The standard InChI is InChI=1S/C19H24N2O2/c20-18(13-15-7-3-1-4-8-15)19(23)21-14-17(11-12-22)16-9-5-2-6-10-16/h1-10,17-18,22H,11-14,20H2,(H,21,23)/t17?,18-/m0/s1. The van der Waals surface area contributed by atoms with E-state index in [1.165, 1.54) is 0 Å². The molecule has 4 nitrogen and oxygen atoms in total. The van der Waals surface area contributed by atoms with Crippen LogP contribution < -0.4 is 11.1 Å². The van der Waals surface area contributed by atoms with Crippen molar-refractivity contribution in [2.75, 3.05) is 13.2 Å². The van der Waals surface area contributed by atoms with Gasteiger partial charge in [-0.15, -0.1) is 0 Å². The number of hydrogen-bond acceptors (Lipinski definition) is 3. The Hall–Kier alpha value is -2.17. The van der Waals surface area contributed by atoms with Crippen LogP contribution >= 0.6 is 0 Å². The number of carbonyl (C=O) groups excluding carboxylic acids is 1. The van der Waals surface area contributed by atoms with Gasteiger partial charge in [0.25, 0.3) is 0 Å². The quantitative estimate of drug-likeness (QED) is 0.696. The van der Waals surface area contributed by atoms with E-state index in [2.05, 4.69) is 5.32 Å². The summed E-state index contributed by atoms with van der Waals surface area (Å²) in [4.78, 5) is 12.2. The van der Waals surface area contributed by atoms with Gasteiger partial charge in [-0.25, -0.2) is 0 Å². The maximum atomic E-state index is 12.2. The molecule has 2 aromatic rings. The van der Waals surface area contributed by atoms with Crippen molar-refractivity contribution in [3.8, 4) is 0 Å². The van der Waals surface area contributed by atoms with Gasteiger partial charge in [-0.1, -0.05) is 60.7 Å². The van der Waals surface area contributed by atoms with Gasteiger partial charge in [0.1, 0.15) is 0 Å². The molecule has 0 radical (unpaired) electrons. The fraction of sp³-hybridized carbons (Fsp3) is 0.316. The van der Waals surface area contributed by atoms with E-state index in [0.29, 0.717) is 19.4 Å². The predicted octanol–water partition coefficient (Wildman–Crippen LogP) is 1.84. The van der Waals surface area contributed by atoms with Crippen molar-refractivity contribution in [2.45, 2.75) is 24.8 Å². The van der Waals surface area contributed by atoms with Crippen LogP contribution in [0, 0.1) is 0 Å². The third-order valence-electron chi connectivity index (χ3n) is 3.91. The summed E-state index contributed by atoms with van der Waals surface area (Å²) in [7, 11) is 0. The second-order valence-electron chi connectivity index (χ2n) is 5.66. The highest BCUT2D eigenvalue weighted by molar-refractivity contribution is 5.81. The van der Waals surface area contributed by atoms with Crippen LogP contribution in [0.3, 0.4) is 0 Å². The molecule has 4 N–H and O–H groups in total. The van der Waals surface area contributed by atoms with Crippen molar-refractivity contribution in [1.29, 1.82) is 0 Å².